The van der Waals surface area contributed by atoms with Gasteiger partial charge in [0.25, 0.3) is 0 Å². The van der Waals surface area contributed by atoms with Gasteiger partial charge in [-0.1, -0.05) is 0 Å². The topological polar surface area (TPSA) is 43.1 Å². The van der Waals surface area contributed by atoms with E-state index in [1.807, 2.05) is 22.7 Å². The van der Waals surface area contributed by atoms with Crippen LogP contribution in [0, 0.1) is 6.92 Å². The number of thiophene rings is 1. The Hall–Kier alpha value is -1.49. The van der Waals surface area contributed by atoms with E-state index in [0.717, 1.165) is 16.3 Å². The van der Waals surface area contributed by atoms with Crippen molar-refractivity contribution in [3.63, 3.8) is 0 Å². The van der Waals surface area contributed by atoms with Gasteiger partial charge in [0.05, 0.1) is 5.39 Å². The second-order valence-corrected chi connectivity index (χ2v) is 5.30. The summed E-state index contributed by atoms with van der Waals surface area (Å²) in [5.74, 6) is 0.965. The standard InChI is InChI=1S/C11H10N4S/c1-6-13-11-9(10-14-12-5-15(6)10)7-3-2-4-8(7)16-11/h5H,2-4H2,1H3. The molecule has 0 atom stereocenters. The number of hydrogen-bond acceptors (Lipinski definition) is 4. The van der Waals surface area contributed by atoms with Crippen molar-refractivity contribution in [1.29, 1.82) is 0 Å². The Morgan fingerprint density at radius 1 is 1.38 bits per heavy atom. The third-order valence-electron chi connectivity index (χ3n) is 3.29. The maximum absolute atomic E-state index is 4.64. The maximum atomic E-state index is 4.64. The van der Waals surface area contributed by atoms with Crippen molar-refractivity contribution in [3.05, 3.63) is 22.6 Å². The predicted molar refractivity (Wildman–Crippen MR) is 62.9 cm³/mol. The van der Waals surface area contributed by atoms with E-state index in [9.17, 15) is 0 Å². The maximum Gasteiger partial charge on any atom is 0.172 e. The Kier molecular flexibility index (Phi) is 1.51. The SMILES string of the molecule is Cc1nc2sc3c(c2c2nncn12)CCC3. The summed E-state index contributed by atoms with van der Waals surface area (Å²) in [6.45, 7) is 2.00. The lowest BCUT2D eigenvalue weighted by molar-refractivity contribution is 0.916. The van der Waals surface area contributed by atoms with Crippen LogP contribution >= 0.6 is 11.3 Å². The van der Waals surface area contributed by atoms with Crippen LogP contribution in [-0.4, -0.2) is 19.6 Å². The molecule has 0 unspecified atom stereocenters. The van der Waals surface area contributed by atoms with Gasteiger partial charge >= 0.3 is 0 Å². The molecule has 80 valence electrons. The van der Waals surface area contributed by atoms with Gasteiger partial charge in [0, 0.05) is 4.88 Å². The minimum absolute atomic E-state index is 0.965. The molecule has 5 heteroatoms. The minimum Gasteiger partial charge on any atom is -0.269 e. The van der Waals surface area contributed by atoms with Crippen LogP contribution in [-0.2, 0) is 12.8 Å². The number of aromatic nitrogens is 4. The van der Waals surface area contributed by atoms with Crippen molar-refractivity contribution in [2.45, 2.75) is 26.2 Å². The highest BCUT2D eigenvalue weighted by Crippen LogP contribution is 2.38. The number of rotatable bonds is 0. The van der Waals surface area contributed by atoms with Gasteiger partial charge in [0.1, 0.15) is 17.0 Å². The zero-order valence-electron chi connectivity index (χ0n) is 8.90. The molecular weight excluding hydrogens is 220 g/mol. The fraction of sp³-hybridized carbons (Fsp3) is 0.364. The van der Waals surface area contributed by atoms with Gasteiger partial charge in [-0.05, 0) is 31.7 Å². The molecule has 0 bridgehead atoms. The second-order valence-electron chi connectivity index (χ2n) is 4.22. The monoisotopic (exact) mass is 230 g/mol. The summed E-state index contributed by atoms with van der Waals surface area (Å²) in [6, 6.07) is 0. The smallest absolute Gasteiger partial charge is 0.172 e. The molecule has 0 aliphatic heterocycles. The summed E-state index contributed by atoms with van der Waals surface area (Å²) in [5, 5.41) is 9.47. The first-order chi connectivity index (χ1) is 7.84. The first-order valence-electron chi connectivity index (χ1n) is 5.45. The van der Waals surface area contributed by atoms with Crippen molar-refractivity contribution in [3.8, 4) is 0 Å². The van der Waals surface area contributed by atoms with Crippen LogP contribution in [0.15, 0.2) is 6.33 Å². The first kappa shape index (κ1) is 8.64. The summed E-state index contributed by atoms with van der Waals surface area (Å²) in [7, 11) is 0. The Morgan fingerprint density at radius 2 is 2.31 bits per heavy atom. The zero-order valence-corrected chi connectivity index (χ0v) is 9.71. The average Bonchev–Trinajstić information content (AvgIpc) is 2.87. The van der Waals surface area contributed by atoms with Gasteiger partial charge < -0.3 is 0 Å². The van der Waals surface area contributed by atoms with E-state index in [2.05, 4.69) is 15.2 Å². The lowest BCUT2D eigenvalue weighted by atomic mass is 10.2. The molecule has 0 saturated heterocycles. The van der Waals surface area contributed by atoms with Gasteiger partial charge in [-0.2, -0.15) is 0 Å². The predicted octanol–water partition coefficient (Wildman–Crippen LogP) is 2.14. The van der Waals surface area contributed by atoms with E-state index in [1.165, 1.54) is 35.1 Å². The van der Waals surface area contributed by atoms with Gasteiger partial charge in [-0.3, -0.25) is 4.40 Å². The van der Waals surface area contributed by atoms with Crippen LogP contribution in [0.4, 0.5) is 0 Å². The normalized spacial score (nSPS) is 15.1. The third kappa shape index (κ3) is 0.917. The van der Waals surface area contributed by atoms with E-state index in [4.69, 9.17) is 0 Å². The molecule has 0 radical (unpaired) electrons. The number of aryl methyl sites for hydroxylation is 3. The number of hydrogen-bond donors (Lipinski definition) is 0. The van der Waals surface area contributed by atoms with E-state index in [1.54, 1.807) is 6.33 Å². The van der Waals surface area contributed by atoms with Crippen molar-refractivity contribution in [2.75, 3.05) is 0 Å². The van der Waals surface area contributed by atoms with Gasteiger partial charge in [0.15, 0.2) is 5.65 Å². The molecule has 0 amide bonds. The average molecular weight is 230 g/mol. The van der Waals surface area contributed by atoms with Gasteiger partial charge in [-0.15, -0.1) is 21.5 Å². The fourth-order valence-corrected chi connectivity index (χ4v) is 3.84. The molecule has 16 heavy (non-hydrogen) atoms. The molecule has 0 aromatic carbocycles. The number of fused-ring (bicyclic) bond motifs is 5. The molecule has 4 rings (SSSR count). The van der Waals surface area contributed by atoms with Crippen LogP contribution < -0.4 is 0 Å². The lowest BCUT2D eigenvalue weighted by Gasteiger charge is -2.00. The minimum atomic E-state index is 0.965. The molecule has 1 aliphatic carbocycles. The van der Waals surface area contributed by atoms with E-state index in [0.29, 0.717) is 0 Å². The summed E-state index contributed by atoms with van der Waals surface area (Å²) < 4.78 is 1.98. The fourth-order valence-electron chi connectivity index (χ4n) is 2.54. The van der Waals surface area contributed by atoms with Crippen molar-refractivity contribution >= 4 is 27.2 Å². The summed E-state index contributed by atoms with van der Waals surface area (Å²) in [5.41, 5.74) is 2.44. The van der Waals surface area contributed by atoms with Crippen molar-refractivity contribution < 1.29 is 0 Å². The van der Waals surface area contributed by atoms with Crippen LogP contribution in [0.1, 0.15) is 22.7 Å². The molecule has 0 fully saturated rings. The molecule has 3 aromatic rings. The Morgan fingerprint density at radius 3 is 3.25 bits per heavy atom. The Bertz CT molecular complexity index is 709. The summed E-state index contributed by atoms with van der Waals surface area (Å²) in [6.07, 6.45) is 5.39. The molecule has 3 aromatic heterocycles. The molecule has 1 aliphatic rings. The van der Waals surface area contributed by atoms with Crippen LogP contribution in [0.2, 0.25) is 0 Å². The van der Waals surface area contributed by atoms with Crippen molar-refractivity contribution in [2.24, 2.45) is 0 Å². The molecule has 0 N–H and O–H groups in total. The highest BCUT2D eigenvalue weighted by Gasteiger charge is 2.21. The quantitative estimate of drug-likeness (QED) is 0.594. The Balaban J connectivity index is 2.30. The molecule has 4 nitrogen and oxygen atoms in total. The van der Waals surface area contributed by atoms with Crippen LogP contribution in [0.3, 0.4) is 0 Å². The van der Waals surface area contributed by atoms with Crippen LogP contribution in [0.25, 0.3) is 15.9 Å². The molecular formula is C11H10N4S. The third-order valence-corrected chi connectivity index (χ3v) is 4.47. The summed E-state index contributed by atoms with van der Waals surface area (Å²) in [4.78, 5) is 7.27. The second kappa shape index (κ2) is 2.79. The Labute approximate surface area is 96.0 Å². The van der Waals surface area contributed by atoms with E-state index >= 15 is 0 Å². The first-order valence-corrected chi connectivity index (χ1v) is 6.27. The van der Waals surface area contributed by atoms with Crippen LogP contribution in [0.5, 0.6) is 0 Å². The van der Waals surface area contributed by atoms with Crippen molar-refractivity contribution in [1.82, 2.24) is 19.6 Å². The molecule has 0 saturated carbocycles. The molecule has 0 spiro atoms. The molecule has 3 heterocycles. The highest BCUT2D eigenvalue weighted by molar-refractivity contribution is 7.19. The zero-order chi connectivity index (χ0) is 10.7. The summed E-state index contributed by atoms with van der Waals surface area (Å²) >= 11 is 1.83. The number of nitrogens with zero attached hydrogens (tertiary/aromatic N) is 4. The largest absolute Gasteiger partial charge is 0.269 e. The lowest BCUT2D eigenvalue weighted by Crippen LogP contribution is -1.94. The highest BCUT2D eigenvalue weighted by atomic mass is 32.1. The van der Waals surface area contributed by atoms with E-state index in [-0.39, 0.29) is 0 Å². The van der Waals surface area contributed by atoms with Gasteiger partial charge in [-0.25, -0.2) is 4.98 Å². The van der Waals surface area contributed by atoms with E-state index < -0.39 is 0 Å². The van der Waals surface area contributed by atoms with Gasteiger partial charge in [0.2, 0.25) is 0 Å².